The summed E-state index contributed by atoms with van der Waals surface area (Å²) in [6.45, 7) is 4.59. The number of unbranched alkanes of at least 4 members (excludes halogenated alkanes) is 3. The molecule has 1 atom stereocenters. The second kappa shape index (κ2) is 10.4. The van der Waals surface area contributed by atoms with Crippen LogP contribution in [-0.4, -0.2) is 12.0 Å². The third-order valence-corrected chi connectivity index (χ3v) is 3.37. The molecule has 0 aliphatic carbocycles. The average Bonchev–Trinajstić information content (AvgIpc) is 2.13. The second-order valence-corrected chi connectivity index (χ2v) is 4.87. The van der Waals surface area contributed by atoms with Crippen LogP contribution in [0.3, 0.4) is 0 Å². The second-order valence-electron chi connectivity index (χ2n) is 3.96. The van der Waals surface area contributed by atoms with Gasteiger partial charge in [0.25, 0.3) is 0 Å². The number of thioether (sulfide) groups is 1. The maximum atomic E-state index is 2.30. The van der Waals surface area contributed by atoms with Gasteiger partial charge in [-0.15, -0.1) is 0 Å². The summed E-state index contributed by atoms with van der Waals surface area (Å²) in [6.07, 6.45) is 12.2. The summed E-state index contributed by atoms with van der Waals surface area (Å²) in [5.74, 6) is 2.37. The van der Waals surface area contributed by atoms with Gasteiger partial charge in [-0.05, 0) is 30.8 Å². The van der Waals surface area contributed by atoms with Crippen LogP contribution < -0.4 is 0 Å². The molecular formula is C12H26S. The Bertz CT molecular complexity index is 85.1. The lowest BCUT2D eigenvalue weighted by molar-refractivity contribution is 0.462. The molecule has 0 aliphatic heterocycles. The molecule has 1 unspecified atom stereocenters. The van der Waals surface area contributed by atoms with E-state index >= 15 is 0 Å². The van der Waals surface area contributed by atoms with E-state index in [2.05, 4.69) is 20.1 Å². The summed E-state index contributed by atoms with van der Waals surface area (Å²) in [5.41, 5.74) is 0. The Morgan fingerprint density at radius 3 is 2.23 bits per heavy atom. The Morgan fingerprint density at radius 1 is 0.923 bits per heavy atom. The predicted molar refractivity (Wildman–Crippen MR) is 65.5 cm³/mol. The van der Waals surface area contributed by atoms with Gasteiger partial charge in [-0.1, -0.05) is 46.0 Å². The van der Waals surface area contributed by atoms with Gasteiger partial charge in [0.15, 0.2) is 0 Å². The minimum atomic E-state index is 0.997. The zero-order valence-corrected chi connectivity index (χ0v) is 10.5. The molecule has 0 aromatic carbocycles. The van der Waals surface area contributed by atoms with E-state index < -0.39 is 0 Å². The highest BCUT2D eigenvalue weighted by atomic mass is 32.2. The van der Waals surface area contributed by atoms with Crippen molar-refractivity contribution in [1.29, 1.82) is 0 Å². The molecule has 0 rings (SSSR count). The average molecular weight is 202 g/mol. The molecule has 80 valence electrons. The normalized spacial score (nSPS) is 13.2. The third-order valence-electron chi connectivity index (χ3n) is 2.57. The van der Waals surface area contributed by atoms with Crippen molar-refractivity contribution in [3.63, 3.8) is 0 Å². The lowest BCUT2D eigenvalue weighted by atomic mass is 9.98. The van der Waals surface area contributed by atoms with Crippen molar-refractivity contribution in [3.8, 4) is 0 Å². The molecular weight excluding hydrogens is 176 g/mol. The largest absolute Gasteiger partial charge is 0.165 e. The smallest absolute Gasteiger partial charge is 0.00419 e. The summed E-state index contributed by atoms with van der Waals surface area (Å²) in [7, 11) is 0. The van der Waals surface area contributed by atoms with E-state index in [-0.39, 0.29) is 0 Å². The van der Waals surface area contributed by atoms with Crippen LogP contribution in [0, 0.1) is 5.92 Å². The molecule has 0 radical (unpaired) electrons. The van der Waals surface area contributed by atoms with Gasteiger partial charge in [-0.25, -0.2) is 0 Å². The minimum absolute atomic E-state index is 0.997. The van der Waals surface area contributed by atoms with E-state index in [0.717, 1.165) is 5.92 Å². The third kappa shape index (κ3) is 8.67. The van der Waals surface area contributed by atoms with Gasteiger partial charge in [-0.3, -0.25) is 0 Å². The summed E-state index contributed by atoms with van der Waals surface area (Å²) < 4.78 is 0. The molecule has 0 heterocycles. The first kappa shape index (κ1) is 13.4. The quantitative estimate of drug-likeness (QED) is 0.487. The van der Waals surface area contributed by atoms with E-state index in [1.165, 1.54) is 50.7 Å². The summed E-state index contributed by atoms with van der Waals surface area (Å²) in [5, 5.41) is 0. The van der Waals surface area contributed by atoms with Crippen molar-refractivity contribution >= 4 is 11.8 Å². The fourth-order valence-corrected chi connectivity index (χ4v) is 2.62. The van der Waals surface area contributed by atoms with Crippen LogP contribution in [-0.2, 0) is 0 Å². The van der Waals surface area contributed by atoms with E-state index in [9.17, 15) is 0 Å². The SMILES string of the molecule is CCCCCCC(CCC)CSC. The molecule has 0 saturated heterocycles. The van der Waals surface area contributed by atoms with Crippen molar-refractivity contribution < 1.29 is 0 Å². The van der Waals surface area contributed by atoms with Crippen LogP contribution in [0.4, 0.5) is 0 Å². The maximum absolute atomic E-state index is 2.30. The first-order chi connectivity index (χ1) is 6.35. The Labute approximate surface area is 88.9 Å². The highest BCUT2D eigenvalue weighted by Gasteiger charge is 2.05. The molecule has 0 fully saturated rings. The highest BCUT2D eigenvalue weighted by Crippen LogP contribution is 2.19. The molecule has 0 bridgehead atoms. The summed E-state index contributed by atoms with van der Waals surface area (Å²) in [4.78, 5) is 0. The Hall–Kier alpha value is 0.350. The van der Waals surface area contributed by atoms with Crippen molar-refractivity contribution in [2.75, 3.05) is 12.0 Å². The van der Waals surface area contributed by atoms with Gasteiger partial charge in [0.2, 0.25) is 0 Å². The minimum Gasteiger partial charge on any atom is -0.165 e. The van der Waals surface area contributed by atoms with Crippen molar-refractivity contribution in [2.45, 2.75) is 58.8 Å². The topological polar surface area (TPSA) is 0 Å². The number of hydrogen-bond acceptors (Lipinski definition) is 1. The molecule has 0 aromatic rings. The predicted octanol–water partition coefficient (Wildman–Crippen LogP) is 4.74. The first-order valence-electron chi connectivity index (χ1n) is 5.84. The molecule has 0 nitrogen and oxygen atoms in total. The van der Waals surface area contributed by atoms with Gasteiger partial charge in [0.1, 0.15) is 0 Å². The van der Waals surface area contributed by atoms with Crippen LogP contribution in [0.1, 0.15) is 58.8 Å². The summed E-state index contributed by atoms with van der Waals surface area (Å²) in [6, 6.07) is 0. The van der Waals surface area contributed by atoms with Crippen LogP contribution in [0.15, 0.2) is 0 Å². The lowest BCUT2D eigenvalue weighted by Crippen LogP contribution is -2.03. The van der Waals surface area contributed by atoms with Crippen molar-refractivity contribution in [2.24, 2.45) is 5.92 Å². The van der Waals surface area contributed by atoms with E-state index in [4.69, 9.17) is 0 Å². The fourth-order valence-electron chi connectivity index (χ4n) is 1.81. The van der Waals surface area contributed by atoms with Gasteiger partial charge in [0.05, 0.1) is 0 Å². The van der Waals surface area contributed by atoms with Gasteiger partial charge < -0.3 is 0 Å². The number of hydrogen-bond donors (Lipinski definition) is 0. The molecule has 0 aromatic heterocycles. The molecule has 0 aliphatic rings. The standard InChI is InChI=1S/C12H26S/c1-4-6-7-8-10-12(9-5-2)11-13-3/h12H,4-11H2,1-3H3. The van der Waals surface area contributed by atoms with Gasteiger partial charge >= 0.3 is 0 Å². The zero-order valence-electron chi connectivity index (χ0n) is 9.64. The fraction of sp³-hybridized carbons (Fsp3) is 1.00. The molecule has 0 spiro atoms. The van der Waals surface area contributed by atoms with Gasteiger partial charge in [0, 0.05) is 0 Å². The Kier molecular flexibility index (Phi) is 10.7. The molecule has 0 saturated carbocycles. The number of rotatable bonds is 9. The maximum Gasteiger partial charge on any atom is -0.00419 e. The van der Waals surface area contributed by atoms with Crippen LogP contribution in [0.2, 0.25) is 0 Å². The van der Waals surface area contributed by atoms with E-state index in [0.29, 0.717) is 0 Å². The first-order valence-corrected chi connectivity index (χ1v) is 7.23. The van der Waals surface area contributed by atoms with Crippen LogP contribution in [0.5, 0.6) is 0 Å². The monoisotopic (exact) mass is 202 g/mol. The van der Waals surface area contributed by atoms with Gasteiger partial charge in [-0.2, -0.15) is 11.8 Å². The van der Waals surface area contributed by atoms with Crippen LogP contribution in [0.25, 0.3) is 0 Å². The van der Waals surface area contributed by atoms with E-state index in [1.807, 2.05) is 11.8 Å². The van der Waals surface area contributed by atoms with Crippen LogP contribution >= 0.6 is 11.8 Å². The molecule has 13 heavy (non-hydrogen) atoms. The van der Waals surface area contributed by atoms with Crippen molar-refractivity contribution in [3.05, 3.63) is 0 Å². The summed E-state index contributed by atoms with van der Waals surface area (Å²) >= 11 is 2.01. The lowest BCUT2D eigenvalue weighted by Gasteiger charge is -2.14. The van der Waals surface area contributed by atoms with Crippen molar-refractivity contribution in [1.82, 2.24) is 0 Å². The van der Waals surface area contributed by atoms with E-state index in [1.54, 1.807) is 0 Å². The Morgan fingerprint density at radius 2 is 1.69 bits per heavy atom. The zero-order chi connectivity index (χ0) is 9.94. The molecule has 0 amide bonds. The molecule has 0 N–H and O–H groups in total. The molecule has 1 heteroatoms. The highest BCUT2D eigenvalue weighted by molar-refractivity contribution is 7.98. The Balaban J connectivity index is 3.33.